The van der Waals surface area contributed by atoms with E-state index in [1.807, 2.05) is 19.9 Å². The minimum Gasteiger partial charge on any atom is -0.390 e. The lowest BCUT2D eigenvalue weighted by Crippen LogP contribution is -2.31. The van der Waals surface area contributed by atoms with Gasteiger partial charge in [-0.1, -0.05) is 13.8 Å². The maximum atomic E-state index is 13.0. The second-order valence-corrected chi connectivity index (χ2v) is 4.70. The van der Waals surface area contributed by atoms with Crippen LogP contribution in [0.3, 0.4) is 0 Å². The van der Waals surface area contributed by atoms with Crippen molar-refractivity contribution < 1.29 is 13.9 Å². The van der Waals surface area contributed by atoms with E-state index >= 15 is 0 Å². The van der Waals surface area contributed by atoms with Crippen molar-refractivity contribution in [3.63, 3.8) is 0 Å². The van der Waals surface area contributed by atoms with Crippen LogP contribution in [0, 0.1) is 0 Å². The quantitative estimate of drug-likeness (QED) is 0.871. The summed E-state index contributed by atoms with van der Waals surface area (Å²) in [6, 6.07) is 1.82. The van der Waals surface area contributed by atoms with Gasteiger partial charge in [0.1, 0.15) is 12.1 Å². The third-order valence-corrected chi connectivity index (χ3v) is 2.75. The first kappa shape index (κ1) is 13.7. The first-order chi connectivity index (χ1) is 8.93. The van der Waals surface area contributed by atoms with Crippen molar-refractivity contribution in [1.82, 2.24) is 14.6 Å². The predicted molar refractivity (Wildman–Crippen MR) is 67.6 cm³/mol. The highest BCUT2D eigenvalue weighted by Gasteiger charge is 2.27. The number of anilines is 1. The average Bonchev–Trinajstić information content (AvgIpc) is 2.81. The number of hydrogen-bond donors (Lipinski definition) is 2. The van der Waals surface area contributed by atoms with Crippen molar-refractivity contribution in [1.29, 1.82) is 0 Å². The molecule has 19 heavy (non-hydrogen) atoms. The Hall–Kier alpha value is -1.76. The Kier molecular flexibility index (Phi) is 3.66. The fourth-order valence-electron chi connectivity index (χ4n) is 1.63. The monoisotopic (exact) mass is 270 g/mol. The SMILES string of the molecule is CC(C)c1cc2c(NCC(F)(F)CO)nccn2n1. The van der Waals surface area contributed by atoms with E-state index in [1.165, 1.54) is 6.20 Å². The van der Waals surface area contributed by atoms with Gasteiger partial charge in [0, 0.05) is 12.4 Å². The Morgan fingerprint density at radius 3 is 2.84 bits per heavy atom. The molecule has 2 N–H and O–H groups in total. The zero-order valence-electron chi connectivity index (χ0n) is 10.8. The van der Waals surface area contributed by atoms with Gasteiger partial charge in [0.2, 0.25) is 0 Å². The number of hydrogen-bond acceptors (Lipinski definition) is 4. The summed E-state index contributed by atoms with van der Waals surface area (Å²) in [6.45, 7) is 2.14. The molecule has 2 heterocycles. The largest absolute Gasteiger partial charge is 0.390 e. The summed E-state index contributed by atoms with van der Waals surface area (Å²) >= 11 is 0. The molecule has 2 aromatic rings. The zero-order chi connectivity index (χ0) is 14.0. The van der Waals surface area contributed by atoms with Gasteiger partial charge in [-0.3, -0.25) is 0 Å². The Bertz CT molecular complexity index is 568. The lowest BCUT2D eigenvalue weighted by Gasteiger charge is -2.14. The van der Waals surface area contributed by atoms with Crippen LogP contribution < -0.4 is 5.32 Å². The van der Waals surface area contributed by atoms with Crippen molar-refractivity contribution in [2.75, 3.05) is 18.5 Å². The molecule has 0 aromatic carbocycles. The third kappa shape index (κ3) is 2.98. The molecule has 2 aromatic heterocycles. The van der Waals surface area contributed by atoms with Crippen LogP contribution in [0.4, 0.5) is 14.6 Å². The molecule has 104 valence electrons. The van der Waals surface area contributed by atoms with Crippen LogP contribution in [-0.2, 0) is 0 Å². The highest BCUT2D eigenvalue weighted by molar-refractivity contribution is 5.68. The van der Waals surface area contributed by atoms with Crippen molar-refractivity contribution in [2.45, 2.75) is 25.7 Å². The molecule has 0 unspecified atom stereocenters. The van der Waals surface area contributed by atoms with Crippen molar-refractivity contribution in [3.05, 3.63) is 24.2 Å². The molecule has 0 aliphatic carbocycles. The average molecular weight is 270 g/mol. The molecular weight excluding hydrogens is 254 g/mol. The molecular formula is C12H16F2N4O. The number of aliphatic hydroxyl groups excluding tert-OH is 1. The Morgan fingerprint density at radius 2 is 2.21 bits per heavy atom. The number of aromatic nitrogens is 3. The van der Waals surface area contributed by atoms with Crippen molar-refractivity contribution in [2.24, 2.45) is 0 Å². The first-order valence-corrected chi connectivity index (χ1v) is 6.00. The lowest BCUT2D eigenvalue weighted by molar-refractivity contribution is -0.0373. The van der Waals surface area contributed by atoms with Gasteiger partial charge in [-0.05, 0) is 12.0 Å². The molecule has 0 atom stereocenters. The van der Waals surface area contributed by atoms with E-state index in [0.29, 0.717) is 11.3 Å². The molecule has 0 amide bonds. The van der Waals surface area contributed by atoms with Crippen LogP contribution in [0.5, 0.6) is 0 Å². The summed E-state index contributed by atoms with van der Waals surface area (Å²) in [4.78, 5) is 4.03. The highest BCUT2D eigenvalue weighted by atomic mass is 19.3. The number of fused-ring (bicyclic) bond motifs is 1. The van der Waals surface area contributed by atoms with Crippen LogP contribution in [-0.4, -0.2) is 38.8 Å². The number of alkyl halides is 2. The summed E-state index contributed by atoms with van der Waals surface area (Å²) < 4.78 is 27.6. The fourth-order valence-corrected chi connectivity index (χ4v) is 1.63. The van der Waals surface area contributed by atoms with Gasteiger partial charge in [-0.25, -0.2) is 18.3 Å². The molecule has 0 bridgehead atoms. The van der Waals surface area contributed by atoms with Gasteiger partial charge >= 0.3 is 0 Å². The number of rotatable bonds is 5. The molecule has 0 aliphatic heterocycles. The normalized spacial score (nSPS) is 12.3. The maximum absolute atomic E-state index is 13.0. The molecule has 2 rings (SSSR count). The standard InChI is InChI=1S/C12H16F2N4O/c1-8(2)9-5-10-11(15-3-4-18(10)17-9)16-6-12(13,14)7-19/h3-5,8,19H,6-7H2,1-2H3,(H,15,16). The third-order valence-electron chi connectivity index (χ3n) is 2.75. The lowest BCUT2D eigenvalue weighted by atomic mass is 10.1. The van der Waals surface area contributed by atoms with E-state index in [-0.39, 0.29) is 5.92 Å². The Morgan fingerprint density at radius 1 is 1.47 bits per heavy atom. The molecule has 0 spiro atoms. The second-order valence-electron chi connectivity index (χ2n) is 4.70. The van der Waals surface area contributed by atoms with Gasteiger partial charge in [0.05, 0.1) is 12.2 Å². The molecule has 5 nitrogen and oxygen atoms in total. The maximum Gasteiger partial charge on any atom is 0.287 e. The van der Waals surface area contributed by atoms with E-state index in [9.17, 15) is 8.78 Å². The fraction of sp³-hybridized carbons (Fsp3) is 0.500. The predicted octanol–water partition coefficient (Wildman–Crippen LogP) is 1.89. The molecule has 0 fully saturated rings. The molecule has 0 saturated heterocycles. The Labute approximate surface area is 109 Å². The van der Waals surface area contributed by atoms with E-state index in [2.05, 4.69) is 15.4 Å². The number of nitrogens with zero attached hydrogens (tertiary/aromatic N) is 3. The molecule has 7 heteroatoms. The molecule has 0 saturated carbocycles. The van der Waals surface area contributed by atoms with E-state index in [4.69, 9.17) is 5.11 Å². The van der Waals surface area contributed by atoms with Crippen LogP contribution in [0.2, 0.25) is 0 Å². The van der Waals surface area contributed by atoms with Crippen molar-refractivity contribution >= 4 is 11.3 Å². The topological polar surface area (TPSA) is 62.5 Å². The first-order valence-electron chi connectivity index (χ1n) is 6.00. The van der Waals surface area contributed by atoms with Crippen LogP contribution in [0.25, 0.3) is 5.52 Å². The Balaban J connectivity index is 2.28. The second kappa shape index (κ2) is 5.08. The summed E-state index contributed by atoms with van der Waals surface area (Å²) in [5, 5.41) is 15.4. The minimum absolute atomic E-state index is 0.242. The smallest absolute Gasteiger partial charge is 0.287 e. The summed E-state index contributed by atoms with van der Waals surface area (Å²) in [7, 11) is 0. The van der Waals surface area contributed by atoms with E-state index in [0.717, 1.165) is 5.69 Å². The number of aliphatic hydroxyl groups is 1. The number of halogens is 2. The van der Waals surface area contributed by atoms with Crippen LogP contribution in [0.15, 0.2) is 18.5 Å². The summed E-state index contributed by atoms with van der Waals surface area (Å²) in [5.74, 6) is -2.60. The van der Waals surface area contributed by atoms with Gasteiger partial charge < -0.3 is 10.4 Å². The van der Waals surface area contributed by atoms with Gasteiger partial charge in [-0.15, -0.1) is 0 Å². The zero-order valence-corrected chi connectivity index (χ0v) is 10.8. The van der Waals surface area contributed by atoms with Crippen LogP contribution in [0.1, 0.15) is 25.5 Å². The highest BCUT2D eigenvalue weighted by Crippen LogP contribution is 2.21. The molecule has 0 radical (unpaired) electrons. The summed E-state index contributed by atoms with van der Waals surface area (Å²) in [6.07, 6.45) is 3.15. The van der Waals surface area contributed by atoms with E-state index in [1.54, 1.807) is 10.7 Å². The summed E-state index contributed by atoms with van der Waals surface area (Å²) in [5.41, 5.74) is 1.50. The van der Waals surface area contributed by atoms with Crippen molar-refractivity contribution in [3.8, 4) is 0 Å². The van der Waals surface area contributed by atoms with Gasteiger partial charge in [0.25, 0.3) is 5.92 Å². The van der Waals surface area contributed by atoms with Gasteiger partial charge in [-0.2, -0.15) is 5.10 Å². The number of nitrogens with one attached hydrogen (secondary N) is 1. The minimum atomic E-state index is -3.17. The van der Waals surface area contributed by atoms with Crippen LogP contribution >= 0.6 is 0 Å². The van der Waals surface area contributed by atoms with Gasteiger partial charge in [0.15, 0.2) is 5.82 Å². The van der Waals surface area contributed by atoms with E-state index < -0.39 is 19.1 Å². The molecule has 0 aliphatic rings.